The summed E-state index contributed by atoms with van der Waals surface area (Å²) in [4.78, 5) is 26.3. The van der Waals surface area contributed by atoms with Gasteiger partial charge in [0.15, 0.2) is 0 Å². The second-order valence-electron chi connectivity index (χ2n) is 8.76. The van der Waals surface area contributed by atoms with Crippen LogP contribution in [0, 0.1) is 17.6 Å². The summed E-state index contributed by atoms with van der Waals surface area (Å²) in [7, 11) is 0. The fourth-order valence-corrected chi connectivity index (χ4v) is 4.41. The highest BCUT2D eigenvalue weighted by molar-refractivity contribution is 6.04. The zero-order chi connectivity index (χ0) is 26.9. The van der Waals surface area contributed by atoms with Crippen LogP contribution >= 0.6 is 0 Å². The van der Waals surface area contributed by atoms with Crippen molar-refractivity contribution in [2.45, 2.75) is 37.3 Å². The van der Waals surface area contributed by atoms with Crippen LogP contribution in [0.1, 0.15) is 46.5 Å². The van der Waals surface area contributed by atoms with Crippen molar-refractivity contribution in [2.75, 3.05) is 4.90 Å². The summed E-state index contributed by atoms with van der Waals surface area (Å²) >= 11 is 0. The Bertz CT molecular complexity index is 1260. The number of Topliss-reactive ketones (excluding diaryl/α,β-unsaturated/α-hetero) is 1. The summed E-state index contributed by atoms with van der Waals surface area (Å²) in [6, 6.07) is 14.3. The molecule has 1 aliphatic heterocycles. The lowest BCUT2D eigenvalue weighted by Gasteiger charge is -2.48. The molecule has 0 bridgehead atoms. The van der Waals surface area contributed by atoms with E-state index in [0.29, 0.717) is 16.8 Å². The molecular formula is C27H21F6NO3. The summed E-state index contributed by atoms with van der Waals surface area (Å²) in [5, 5.41) is 10.5. The Labute approximate surface area is 208 Å². The SMILES string of the molecule is O=C1[C@H](CC[C@H](O)c2ccc(F)cc2)[C@@H](c2ccc(C(=O)C(F)(F)C(F)F)cc2)N1c1ccc(F)cc1. The molecular weight excluding hydrogens is 500 g/mol. The predicted molar refractivity (Wildman–Crippen MR) is 122 cm³/mol. The van der Waals surface area contributed by atoms with Crippen molar-refractivity contribution in [3.8, 4) is 0 Å². The Morgan fingerprint density at radius 1 is 0.892 bits per heavy atom. The van der Waals surface area contributed by atoms with Gasteiger partial charge in [-0.3, -0.25) is 9.59 Å². The molecule has 0 spiro atoms. The second-order valence-corrected chi connectivity index (χ2v) is 8.76. The molecule has 37 heavy (non-hydrogen) atoms. The first kappa shape index (κ1) is 26.4. The number of aliphatic hydroxyl groups excluding tert-OH is 1. The smallest absolute Gasteiger partial charge is 0.368 e. The molecule has 3 atom stereocenters. The number of halogens is 6. The number of benzene rings is 3. The molecule has 0 saturated carbocycles. The van der Waals surface area contributed by atoms with Gasteiger partial charge in [-0.25, -0.2) is 17.6 Å². The average molecular weight is 521 g/mol. The first-order chi connectivity index (χ1) is 17.5. The Balaban J connectivity index is 1.58. The van der Waals surface area contributed by atoms with Gasteiger partial charge in [-0.1, -0.05) is 36.4 Å². The maximum absolute atomic E-state index is 13.5. The maximum Gasteiger partial charge on any atom is 0.368 e. The molecule has 1 saturated heterocycles. The van der Waals surface area contributed by atoms with Gasteiger partial charge < -0.3 is 10.0 Å². The number of rotatable bonds is 9. The molecule has 1 N–H and O–H groups in total. The van der Waals surface area contributed by atoms with Gasteiger partial charge in [0.25, 0.3) is 0 Å². The highest BCUT2D eigenvalue weighted by atomic mass is 19.3. The van der Waals surface area contributed by atoms with Crippen molar-refractivity contribution in [3.63, 3.8) is 0 Å². The first-order valence-corrected chi connectivity index (χ1v) is 11.3. The molecule has 10 heteroatoms. The molecule has 1 fully saturated rings. The van der Waals surface area contributed by atoms with Gasteiger partial charge in [-0.2, -0.15) is 8.78 Å². The number of hydrogen-bond acceptors (Lipinski definition) is 3. The number of alkyl halides is 4. The highest BCUT2D eigenvalue weighted by Gasteiger charge is 2.50. The van der Waals surface area contributed by atoms with Crippen molar-refractivity contribution >= 4 is 17.4 Å². The van der Waals surface area contributed by atoms with E-state index in [2.05, 4.69) is 0 Å². The Kier molecular flexibility index (Phi) is 7.40. The number of β-lactam (4-membered cyclic amide) rings is 1. The van der Waals surface area contributed by atoms with Gasteiger partial charge in [0.2, 0.25) is 11.7 Å². The molecule has 3 aromatic rings. The number of carbonyl (C=O) groups excluding carboxylic acids is 2. The zero-order valence-corrected chi connectivity index (χ0v) is 19.1. The average Bonchev–Trinajstić information content (AvgIpc) is 2.88. The third-order valence-electron chi connectivity index (χ3n) is 6.42. The van der Waals surface area contributed by atoms with Gasteiger partial charge in [-0.05, 0) is 60.4 Å². The van der Waals surface area contributed by atoms with Crippen LogP contribution in [0.25, 0.3) is 0 Å². The lowest BCUT2D eigenvalue weighted by molar-refractivity contribution is -0.131. The lowest BCUT2D eigenvalue weighted by Crippen LogP contribution is -2.55. The predicted octanol–water partition coefficient (Wildman–Crippen LogP) is 6.27. The minimum Gasteiger partial charge on any atom is -0.388 e. The van der Waals surface area contributed by atoms with E-state index in [1.807, 2.05) is 0 Å². The summed E-state index contributed by atoms with van der Waals surface area (Å²) in [5.41, 5.74) is 0.650. The van der Waals surface area contributed by atoms with Crippen LogP contribution in [0.5, 0.6) is 0 Å². The maximum atomic E-state index is 13.5. The van der Waals surface area contributed by atoms with Gasteiger partial charge >= 0.3 is 12.3 Å². The van der Waals surface area contributed by atoms with Crippen LogP contribution < -0.4 is 4.90 Å². The number of carbonyl (C=O) groups is 2. The molecule has 1 heterocycles. The topological polar surface area (TPSA) is 57.6 Å². The van der Waals surface area contributed by atoms with Crippen LogP contribution in [-0.4, -0.2) is 29.1 Å². The number of nitrogens with zero attached hydrogens (tertiary/aromatic N) is 1. The summed E-state index contributed by atoms with van der Waals surface area (Å²) < 4.78 is 78.8. The third-order valence-corrected chi connectivity index (χ3v) is 6.42. The molecule has 0 aliphatic carbocycles. The molecule has 1 aliphatic rings. The molecule has 0 radical (unpaired) electrons. The van der Waals surface area contributed by atoms with E-state index >= 15 is 0 Å². The van der Waals surface area contributed by atoms with Crippen molar-refractivity contribution in [1.29, 1.82) is 0 Å². The van der Waals surface area contributed by atoms with Crippen LogP contribution in [0.15, 0.2) is 72.8 Å². The Morgan fingerprint density at radius 3 is 1.97 bits per heavy atom. The number of hydrogen-bond donors (Lipinski definition) is 1. The minimum absolute atomic E-state index is 0.146. The lowest BCUT2D eigenvalue weighted by atomic mass is 9.78. The van der Waals surface area contributed by atoms with Gasteiger partial charge in [0.05, 0.1) is 18.1 Å². The van der Waals surface area contributed by atoms with Crippen LogP contribution in [0.3, 0.4) is 0 Å². The summed E-state index contributed by atoms with van der Waals surface area (Å²) in [6.07, 6.45) is -4.79. The molecule has 4 rings (SSSR count). The molecule has 1 amide bonds. The molecule has 4 nitrogen and oxygen atoms in total. The zero-order valence-electron chi connectivity index (χ0n) is 19.1. The molecule has 3 aromatic carbocycles. The van der Waals surface area contributed by atoms with E-state index < -0.39 is 53.4 Å². The normalized spacial score (nSPS) is 18.6. The van der Waals surface area contributed by atoms with E-state index in [1.54, 1.807) is 0 Å². The monoisotopic (exact) mass is 521 g/mol. The molecule has 0 aromatic heterocycles. The van der Waals surface area contributed by atoms with Gasteiger partial charge in [-0.15, -0.1) is 0 Å². The van der Waals surface area contributed by atoms with E-state index in [4.69, 9.17) is 0 Å². The fraction of sp³-hybridized carbons (Fsp3) is 0.259. The Morgan fingerprint density at radius 2 is 1.43 bits per heavy atom. The fourth-order valence-electron chi connectivity index (χ4n) is 4.41. The number of amides is 1. The standard InChI is InChI=1S/C27H21F6NO3/c28-18-7-5-15(6-8-18)22(35)14-13-21-23(34(25(21)37)20-11-9-19(29)10-12-20)16-1-3-17(4-2-16)24(36)27(32,33)26(30)31/h1-12,21-23,26,35H,13-14H2/t21-,22+,23-/m1/s1. The number of anilines is 1. The van der Waals surface area contributed by atoms with Crippen molar-refractivity contribution in [2.24, 2.45) is 5.92 Å². The van der Waals surface area contributed by atoms with Crippen LogP contribution in [0.4, 0.5) is 32.0 Å². The minimum atomic E-state index is -4.84. The van der Waals surface area contributed by atoms with E-state index in [0.717, 1.165) is 12.1 Å². The first-order valence-electron chi connectivity index (χ1n) is 11.3. The quantitative estimate of drug-likeness (QED) is 0.205. The van der Waals surface area contributed by atoms with Crippen LogP contribution in [0.2, 0.25) is 0 Å². The number of ketones is 1. The highest BCUT2D eigenvalue weighted by Crippen LogP contribution is 2.46. The van der Waals surface area contributed by atoms with Gasteiger partial charge in [0, 0.05) is 11.3 Å². The van der Waals surface area contributed by atoms with Crippen molar-refractivity contribution in [3.05, 3.63) is 101 Å². The van der Waals surface area contributed by atoms with Crippen molar-refractivity contribution < 1.29 is 41.0 Å². The van der Waals surface area contributed by atoms with E-state index in [-0.39, 0.29) is 18.7 Å². The van der Waals surface area contributed by atoms with Gasteiger partial charge in [0.1, 0.15) is 11.6 Å². The summed E-state index contributed by atoms with van der Waals surface area (Å²) in [6.45, 7) is 0. The van der Waals surface area contributed by atoms with E-state index in [1.165, 1.54) is 65.6 Å². The second kappa shape index (κ2) is 10.4. The van der Waals surface area contributed by atoms with Crippen molar-refractivity contribution in [1.82, 2.24) is 0 Å². The molecule has 194 valence electrons. The van der Waals surface area contributed by atoms with E-state index in [9.17, 15) is 41.0 Å². The number of aliphatic hydroxyl groups is 1. The summed E-state index contributed by atoms with van der Waals surface area (Å²) in [5.74, 6) is -8.83. The Hall–Kier alpha value is -3.66. The van der Waals surface area contributed by atoms with Crippen LogP contribution in [-0.2, 0) is 4.79 Å². The molecule has 0 unspecified atom stereocenters. The largest absolute Gasteiger partial charge is 0.388 e. The third kappa shape index (κ3) is 5.24.